The molecule has 2 N–H and O–H groups in total. The molecule has 0 aliphatic carbocycles. The third-order valence-corrected chi connectivity index (χ3v) is 3.70. The van der Waals surface area contributed by atoms with Crippen LogP contribution in [0.2, 0.25) is 0 Å². The lowest BCUT2D eigenvalue weighted by Crippen LogP contribution is -2.40. The average molecular weight is 269 g/mol. The molecule has 0 saturated carbocycles. The molecule has 0 fully saturated rings. The zero-order valence-electron chi connectivity index (χ0n) is 10.9. The average Bonchev–Trinajstić information content (AvgIpc) is 2.63. The number of unbranched alkanes of at least 4 members (excludes halogenated alkanes) is 1. The van der Waals surface area contributed by atoms with Crippen molar-refractivity contribution in [1.29, 1.82) is 0 Å². The van der Waals surface area contributed by atoms with E-state index in [1.165, 1.54) is 0 Å². The van der Waals surface area contributed by atoms with Gasteiger partial charge in [0.05, 0.1) is 5.56 Å². The van der Waals surface area contributed by atoms with Gasteiger partial charge >= 0.3 is 5.97 Å². The molecule has 1 amide bonds. The molecule has 0 radical (unpaired) electrons. The van der Waals surface area contributed by atoms with Gasteiger partial charge in [-0.1, -0.05) is 19.8 Å². The van der Waals surface area contributed by atoms with Crippen LogP contribution >= 0.6 is 11.3 Å². The molecule has 18 heavy (non-hydrogen) atoms. The number of nitrogens with one attached hydrogen (secondary N) is 1. The van der Waals surface area contributed by atoms with Crippen LogP contribution in [-0.4, -0.2) is 23.0 Å². The molecule has 4 nitrogen and oxygen atoms in total. The van der Waals surface area contributed by atoms with Crippen molar-refractivity contribution < 1.29 is 14.7 Å². The number of amides is 1. The topological polar surface area (TPSA) is 66.4 Å². The van der Waals surface area contributed by atoms with Crippen LogP contribution in [0.4, 0.5) is 0 Å². The van der Waals surface area contributed by atoms with E-state index in [1.807, 2.05) is 20.8 Å². The maximum absolute atomic E-state index is 12.0. The highest BCUT2D eigenvalue weighted by molar-refractivity contribution is 7.12. The van der Waals surface area contributed by atoms with Gasteiger partial charge in [0.2, 0.25) is 0 Å². The summed E-state index contributed by atoms with van der Waals surface area (Å²) in [5.41, 5.74) is 0.584. The lowest BCUT2D eigenvalue weighted by atomic mass is 10.1. The maximum Gasteiger partial charge on any atom is 0.326 e. The zero-order valence-corrected chi connectivity index (χ0v) is 11.8. The summed E-state index contributed by atoms with van der Waals surface area (Å²) < 4.78 is 0. The Morgan fingerprint density at radius 2 is 2.11 bits per heavy atom. The molecule has 0 aromatic carbocycles. The Balaban J connectivity index is 2.72. The van der Waals surface area contributed by atoms with Gasteiger partial charge in [-0.2, -0.15) is 0 Å². The molecule has 100 valence electrons. The number of carbonyl (C=O) groups excluding carboxylic acids is 1. The number of carbonyl (C=O) groups is 2. The fourth-order valence-electron chi connectivity index (χ4n) is 1.76. The minimum atomic E-state index is -0.971. The molecule has 1 atom stereocenters. The van der Waals surface area contributed by atoms with Gasteiger partial charge in [-0.05, 0) is 26.3 Å². The minimum absolute atomic E-state index is 0.291. The third-order valence-electron chi connectivity index (χ3n) is 2.74. The fraction of sp³-hybridized carbons (Fsp3) is 0.538. The first-order chi connectivity index (χ1) is 8.45. The third kappa shape index (κ3) is 3.84. The van der Waals surface area contributed by atoms with Crippen molar-refractivity contribution in [2.45, 2.75) is 46.1 Å². The number of carboxylic acids is 1. The lowest BCUT2D eigenvalue weighted by Gasteiger charge is -2.13. The number of aryl methyl sites for hydroxylation is 2. The Morgan fingerprint density at radius 1 is 1.44 bits per heavy atom. The molecule has 5 heteroatoms. The molecule has 1 heterocycles. The van der Waals surface area contributed by atoms with E-state index in [-0.39, 0.29) is 5.91 Å². The number of hydrogen-bond acceptors (Lipinski definition) is 3. The second-order valence-corrected chi connectivity index (χ2v) is 5.79. The number of aliphatic carboxylic acids is 1. The Kier molecular flexibility index (Phi) is 5.34. The van der Waals surface area contributed by atoms with Crippen molar-refractivity contribution in [1.82, 2.24) is 5.32 Å². The molecule has 0 aliphatic heterocycles. The largest absolute Gasteiger partial charge is 0.480 e. The molecule has 0 saturated heterocycles. The van der Waals surface area contributed by atoms with Crippen LogP contribution in [0.25, 0.3) is 0 Å². The number of carboxylic acid groups (broad SMARTS) is 1. The summed E-state index contributed by atoms with van der Waals surface area (Å²) in [6.07, 6.45) is 2.18. The minimum Gasteiger partial charge on any atom is -0.480 e. The van der Waals surface area contributed by atoms with Gasteiger partial charge in [0, 0.05) is 9.75 Å². The number of thiophene rings is 1. The fourth-order valence-corrected chi connectivity index (χ4v) is 2.68. The number of hydrogen-bond donors (Lipinski definition) is 2. The van der Waals surface area contributed by atoms with E-state index in [4.69, 9.17) is 5.11 Å². The summed E-state index contributed by atoms with van der Waals surface area (Å²) in [4.78, 5) is 25.0. The summed E-state index contributed by atoms with van der Waals surface area (Å²) >= 11 is 1.54. The summed E-state index contributed by atoms with van der Waals surface area (Å²) in [7, 11) is 0. The van der Waals surface area contributed by atoms with Gasteiger partial charge in [0.1, 0.15) is 6.04 Å². The lowest BCUT2D eigenvalue weighted by molar-refractivity contribution is -0.139. The molecular weight excluding hydrogens is 250 g/mol. The summed E-state index contributed by atoms with van der Waals surface area (Å²) in [5.74, 6) is -1.26. The van der Waals surface area contributed by atoms with Gasteiger partial charge in [0.15, 0.2) is 0 Å². The van der Waals surface area contributed by atoms with Crippen molar-refractivity contribution in [3.05, 3.63) is 21.4 Å². The summed E-state index contributed by atoms with van der Waals surface area (Å²) in [6.45, 7) is 5.79. The molecule has 0 bridgehead atoms. The van der Waals surface area contributed by atoms with E-state index in [9.17, 15) is 9.59 Å². The van der Waals surface area contributed by atoms with Crippen LogP contribution in [0, 0.1) is 13.8 Å². The Morgan fingerprint density at radius 3 is 2.56 bits per heavy atom. The molecular formula is C13H19NO3S. The first-order valence-electron chi connectivity index (χ1n) is 6.06. The van der Waals surface area contributed by atoms with Crippen LogP contribution in [0.5, 0.6) is 0 Å². The van der Waals surface area contributed by atoms with Crippen molar-refractivity contribution in [3.63, 3.8) is 0 Å². The molecule has 1 aromatic heterocycles. The van der Waals surface area contributed by atoms with E-state index in [0.29, 0.717) is 12.0 Å². The highest BCUT2D eigenvalue weighted by Gasteiger charge is 2.21. The van der Waals surface area contributed by atoms with Crippen LogP contribution in [-0.2, 0) is 4.79 Å². The molecule has 0 spiro atoms. The normalized spacial score (nSPS) is 12.2. The second-order valence-electron chi connectivity index (χ2n) is 4.33. The van der Waals surface area contributed by atoms with Crippen molar-refractivity contribution >= 4 is 23.2 Å². The second kappa shape index (κ2) is 6.54. The van der Waals surface area contributed by atoms with E-state index < -0.39 is 12.0 Å². The Hall–Kier alpha value is -1.36. The molecule has 1 aromatic rings. The predicted octanol–water partition coefficient (Wildman–Crippen LogP) is 2.74. The highest BCUT2D eigenvalue weighted by atomic mass is 32.1. The van der Waals surface area contributed by atoms with E-state index >= 15 is 0 Å². The quantitative estimate of drug-likeness (QED) is 0.834. The molecule has 0 aliphatic rings. The smallest absolute Gasteiger partial charge is 0.326 e. The van der Waals surface area contributed by atoms with Gasteiger partial charge in [-0.25, -0.2) is 4.79 Å². The van der Waals surface area contributed by atoms with E-state index in [2.05, 4.69) is 5.32 Å². The molecule has 1 rings (SSSR count). The van der Waals surface area contributed by atoms with E-state index in [1.54, 1.807) is 17.4 Å². The van der Waals surface area contributed by atoms with Gasteiger partial charge in [-0.15, -0.1) is 11.3 Å². The zero-order chi connectivity index (χ0) is 13.7. The highest BCUT2D eigenvalue weighted by Crippen LogP contribution is 2.20. The Bertz CT molecular complexity index is 439. The van der Waals surface area contributed by atoms with Gasteiger partial charge in [-0.3, -0.25) is 4.79 Å². The van der Waals surface area contributed by atoms with Crippen molar-refractivity contribution in [3.8, 4) is 0 Å². The monoisotopic (exact) mass is 269 g/mol. The standard InChI is InChI=1S/C13H19NO3S/c1-4-5-6-11(13(16)17)14-12(15)10-7-8(2)18-9(10)3/h7,11H,4-6H2,1-3H3,(H,14,15)(H,16,17). The van der Waals surface area contributed by atoms with Crippen LogP contribution in [0.1, 0.15) is 46.3 Å². The van der Waals surface area contributed by atoms with Crippen LogP contribution in [0.3, 0.4) is 0 Å². The first-order valence-corrected chi connectivity index (χ1v) is 6.88. The summed E-state index contributed by atoms with van der Waals surface area (Å²) in [5, 5.41) is 11.6. The molecule has 1 unspecified atom stereocenters. The van der Waals surface area contributed by atoms with E-state index in [0.717, 1.165) is 22.6 Å². The SMILES string of the molecule is CCCCC(NC(=O)c1cc(C)sc1C)C(=O)O. The van der Waals surface area contributed by atoms with Crippen molar-refractivity contribution in [2.75, 3.05) is 0 Å². The first kappa shape index (κ1) is 14.7. The summed E-state index contributed by atoms with van der Waals surface area (Å²) in [6, 6.07) is 1.01. The number of rotatable bonds is 6. The Labute approximate surface area is 111 Å². The van der Waals surface area contributed by atoms with Gasteiger partial charge < -0.3 is 10.4 Å². The van der Waals surface area contributed by atoms with Crippen molar-refractivity contribution in [2.24, 2.45) is 0 Å². The van der Waals surface area contributed by atoms with Gasteiger partial charge in [0.25, 0.3) is 5.91 Å². The predicted molar refractivity (Wildman–Crippen MR) is 72.2 cm³/mol. The maximum atomic E-state index is 12.0. The van der Waals surface area contributed by atoms with Crippen LogP contribution in [0.15, 0.2) is 6.07 Å². The van der Waals surface area contributed by atoms with Crippen LogP contribution < -0.4 is 5.32 Å².